The first kappa shape index (κ1) is 56.9. The molecule has 16 aromatic rings. The Morgan fingerprint density at radius 3 is 1.11 bits per heavy atom. The Hall–Kier alpha value is -11.8. The Morgan fingerprint density at radius 2 is 0.615 bits per heavy atom. The number of fused-ring (bicyclic) bond motifs is 7. The topological polar surface area (TPSA) is 11.4 Å². The van der Waals surface area contributed by atoms with E-state index in [0.29, 0.717) is 0 Å². The van der Waals surface area contributed by atoms with Crippen molar-refractivity contribution in [1.29, 1.82) is 0 Å². The lowest BCUT2D eigenvalue weighted by molar-refractivity contribution is 1.16. The lowest BCUT2D eigenvalue weighted by atomic mass is 9.33. The standard InChI is InChI=1S/C90H64BN3Si2/c1-9-32-65(33-10-1)67-36-29-37-68(60-67)94-88-63-70(93-84-56-27-25-52-80(84)81-53-26-28-57-85(81)93)62-87-89(88)91(83-55-31-54-79(90(83)94)66-34-11-2-12-35-66)82-59-58-78(96(74-45-19-6-20-46-74,75-47-21-7-22-48-75)76-49-23-8-24-50-76)64-86(82)92(87)69-38-30-51-77(61-69)95(71-39-13-3-14-40-71,72-41-15-4-16-42-72)73-43-17-5-18-44-73/h1-64H. The third-order valence-corrected chi connectivity index (χ3v) is 30.0. The fourth-order valence-electron chi connectivity index (χ4n) is 16.5. The summed E-state index contributed by atoms with van der Waals surface area (Å²) in [6.07, 6.45) is 0. The number of nitrogens with zero attached hydrogens (tertiary/aromatic N) is 3. The van der Waals surface area contributed by atoms with Crippen LogP contribution in [0.5, 0.6) is 0 Å². The molecule has 0 unspecified atom stereocenters. The smallest absolute Gasteiger partial charge is 0.252 e. The first-order valence-corrected chi connectivity index (χ1v) is 37.3. The Labute approximate surface area is 563 Å². The summed E-state index contributed by atoms with van der Waals surface area (Å²) in [5, 5.41) is 13.0. The van der Waals surface area contributed by atoms with Crippen LogP contribution < -0.4 is 67.7 Å². The molecule has 15 aromatic carbocycles. The van der Waals surface area contributed by atoms with E-state index < -0.39 is 16.1 Å². The Balaban J connectivity index is 1.01. The zero-order chi connectivity index (χ0) is 63.6. The van der Waals surface area contributed by atoms with Crippen molar-refractivity contribution in [3.63, 3.8) is 0 Å². The molecule has 6 heteroatoms. The van der Waals surface area contributed by atoms with Crippen LogP contribution in [0.2, 0.25) is 0 Å². The van der Waals surface area contributed by atoms with E-state index in [1.54, 1.807) is 0 Å². The van der Waals surface area contributed by atoms with E-state index in [9.17, 15) is 0 Å². The Morgan fingerprint density at radius 1 is 0.229 bits per heavy atom. The molecule has 0 saturated heterocycles. The first-order chi connectivity index (χ1) is 47.7. The minimum absolute atomic E-state index is 0.203. The Bertz CT molecular complexity index is 5290. The van der Waals surface area contributed by atoms with Crippen molar-refractivity contribution in [2.24, 2.45) is 0 Å². The highest BCUT2D eigenvalue weighted by Crippen LogP contribution is 2.49. The lowest BCUT2D eigenvalue weighted by Crippen LogP contribution is -2.75. The van der Waals surface area contributed by atoms with Crippen LogP contribution in [0.15, 0.2) is 388 Å². The maximum atomic E-state index is 2.69. The molecule has 0 bridgehead atoms. The summed E-state index contributed by atoms with van der Waals surface area (Å²) in [5.41, 5.74) is 18.6. The van der Waals surface area contributed by atoms with Gasteiger partial charge in [0.1, 0.15) is 0 Å². The van der Waals surface area contributed by atoms with Crippen molar-refractivity contribution in [1.82, 2.24) is 4.57 Å². The van der Waals surface area contributed by atoms with Crippen molar-refractivity contribution in [3.8, 4) is 27.9 Å². The molecule has 2 aliphatic heterocycles. The van der Waals surface area contributed by atoms with Gasteiger partial charge in [-0.15, -0.1) is 0 Å². The van der Waals surface area contributed by atoms with Crippen molar-refractivity contribution in [2.75, 3.05) is 9.80 Å². The van der Waals surface area contributed by atoms with Crippen molar-refractivity contribution in [2.45, 2.75) is 0 Å². The van der Waals surface area contributed by atoms with E-state index in [-0.39, 0.29) is 6.71 Å². The van der Waals surface area contributed by atoms with Crippen LogP contribution >= 0.6 is 0 Å². The first-order valence-electron chi connectivity index (χ1n) is 33.3. The van der Waals surface area contributed by atoms with Gasteiger partial charge in [0.25, 0.3) is 6.71 Å². The molecule has 1 aromatic heterocycles. The van der Waals surface area contributed by atoms with Gasteiger partial charge >= 0.3 is 0 Å². The van der Waals surface area contributed by atoms with Crippen molar-refractivity contribution in [3.05, 3.63) is 388 Å². The average molecular weight is 1250 g/mol. The van der Waals surface area contributed by atoms with Gasteiger partial charge in [-0.2, -0.15) is 0 Å². The fraction of sp³-hybridized carbons (Fsp3) is 0. The summed E-state index contributed by atoms with van der Waals surface area (Å²) in [5.74, 6) is 0. The summed E-state index contributed by atoms with van der Waals surface area (Å²) in [4.78, 5) is 5.32. The minimum Gasteiger partial charge on any atom is -0.311 e. The van der Waals surface area contributed by atoms with Crippen LogP contribution in [-0.4, -0.2) is 27.4 Å². The van der Waals surface area contributed by atoms with Crippen LogP contribution in [0.25, 0.3) is 49.7 Å². The van der Waals surface area contributed by atoms with Gasteiger partial charge in [-0.05, 0) is 129 Å². The van der Waals surface area contributed by atoms with Gasteiger partial charge < -0.3 is 14.4 Å². The molecule has 0 aliphatic carbocycles. The fourth-order valence-corrected chi connectivity index (χ4v) is 26.0. The van der Waals surface area contributed by atoms with Crippen LogP contribution in [-0.2, 0) is 0 Å². The molecule has 0 radical (unpaired) electrons. The molecule has 3 nitrogen and oxygen atoms in total. The molecule has 18 rings (SSSR count). The van der Waals surface area contributed by atoms with Gasteiger partial charge in [0.2, 0.25) is 0 Å². The SMILES string of the molecule is c1ccc(-c2cccc(N3c4cc(-n5c6ccccc6c6ccccc65)cc5c4B(c4ccc([Si](c6ccccc6)(c6ccccc6)c6ccccc6)cc4N5c4cccc([Si](c5ccccc5)(c5ccccc5)c5ccccc5)c4)c4cccc(-c5ccccc5)c43)c2)cc1. The third-order valence-electron chi connectivity index (χ3n) is 20.4. The van der Waals surface area contributed by atoms with Crippen LogP contribution in [0.4, 0.5) is 34.1 Å². The highest BCUT2D eigenvalue weighted by Gasteiger charge is 2.48. The van der Waals surface area contributed by atoms with E-state index in [1.165, 1.54) is 85.5 Å². The molecule has 0 saturated carbocycles. The van der Waals surface area contributed by atoms with Gasteiger partial charge in [0, 0.05) is 50.5 Å². The highest BCUT2D eigenvalue weighted by molar-refractivity contribution is 7.20. The molecule has 450 valence electrons. The average Bonchev–Trinajstić information content (AvgIpc) is 0.932. The molecule has 96 heavy (non-hydrogen) atoms. The predicted octanol–water partition coefficient (Wildman–Crippen LogP) is 15.0. The number of hydrogen-bond acceptors (Lipinski definition) is 2. The van der Waals surface area contributed by atoms with E-state index in [0.717, 1.165) is 56.3 Å². The van der Waals surface area contributed by atoms with Crippen LogP contribution in [0.3, 0.4) is 0 Å². The zero-order valence-corrected chi connectivity index (χ0v) is 54.9. The second kappa shape index (κ2) is 23.6. The number of anilines is 6. The van der Waals surface area contributed by atoms with Gasteiger partial charge in [-0.1, -0.05) is 334 Å². The minimum atomic E-state index is -3.14. The summed E-state index contributed by atoms with van der Waals surface area (Å²) < 4.78 is 2.53. The summed E-state index contributed by atoms with van der Waals surface area (Å²) in [6, 6.07) is 147. The largest absolute Gasteiger partial charge is 0.311 e. The zero-order valence-electron chi connectivity index (χ0n) is 52.9. The second-order valence-corrected chi connectivity index (χ2v) is 33.0. The summed E-state index contributed by atoms with van der Waals surface area (Å²) in [6.45, 7) is -0.203. The lowest BCUT2D eigenvalue weighted by Gasteiger charge is -2.46. The normalized spacial score (nSPS) is 12.5. The molecular weight excluding hydrogens is 1190 g/mol. The molecule has 3 heterocycles. The molecule has 0 N–H and O–H groups in total. The van der Waals surface area contributed by atoms with E-state index >= 15 is 0 Å². The maximum absolute atomic E-state index is 3.14. The number of benzene rings is 15. The number of hydrogen-bond donors (Lipinski definition) is 0. The van der Waals surface area contributed by atoms with E-state index in [1.807, 2.05) is 0 Å². The van der Waals surface area contributed by atoms with Crippen molar-refractivity contribution < 1.29 is 0 Å². The molecule has 0 amide bonds. The highest BCUT2D eigenvalue weighted by atomic mass is 28.3. The predicted molar refractivity (Wildman–Crippen MR) is 413 cm³/mol. The van der Waals surface area contributed by atoms with Crippen LogP contribution in [0, 0.1) is 0 Å². The van der Waals surface area contributed by atoms with E-state index in [4.69, 9.17) is 0 Å². The monoisotopic (exact) mass is 1250 g/mol. The maximum Gasteiger partial charge on any atom is 0.252 e. The number of aromatic nitrogens is 1. The van der Waals surface area contributed by atoms with Gasteiger partial charge in [-0.25, -0.2) is 0 Å². The van der Waals surface area contributed by atoms with Crippen molar-refractivity contribution >= 4 is 137 Å². The van der Waals surface area contributed by atoms with E-state index in [2.05, 4.69) is 403 Å². The summed E-state index contributed by atoms with van der Waals surface area (Å²) >= 11 is 0. The molecule has 0 atom stereocenters. The molecule has 0 fully saturated rings. The Kier molecular flexibility index (Phi) is 14.0. The van der Waals surface area contributed by atoms with Gasteiger partial charge in [0.15, 0.2) is 16.1 Å². The quantitative estimate of drug-likeness (QED) is 0.0842. The molecular formula is C90H64BN3Si2. The third kappa shape index (κ3) is 9.01. The molecule has 0 spiro atoms. The summed E-state index contributed by atoms with van der Waals surface area (Å²) in [7, 11) is -6.24. The molecule has 2 aliphatic rings. The second-order valence-electron chi connectivity index (χ2n) is 25.4. The van der Waals surface area contributed by atoms with Gasteiger partial charge in [-0.3, -0.25) is 0 Å². The van der Waals surface area contributed by atoms with Crippen LogP contribution in [0.1, 0.15) is 0 Å². The van der Waals surface area contributed by atoms with Gasteiger partial charge in [0.05, 0.1) is 16.7 Å². The number of rotatable bonds is 13. The number of para-hydroxylation sites is 3.